The molecule has 0 saturated heterocycles. The van der Waals surface area contributed by atoms with Crippen LogP contribution < -0.4 is 5.32 Å². The molecule has 0 spiro atoms. The summed E-state index contributed by atoms with van der Waals surface area (Å²) in [5.74, 6) is -1.26. The van der Waals surface area contributed by atoms with E-state index in [2.05, 4.69) is 10.3 Å². The van der Waals surface area contributed by atoms with E-state index < -0.39 is 29.5 Å². The highest BCUT2D eigenvalue weighted by molar-refractivity contribution is 6.33. The van der Waals surface area contributed by atoms with Crippen molar-refractivity contribution >= 4 is 29.1 Å². The zero-order valence-electron chi connectivity index (χ0n) is 14.3. The van der Waals surface area contributed by atoms with Crippen LogP contribution in [0.2, 0.25) is 10.0 Å². The fourth-order valence-corrected chi connectivity index (χ4v) is 3.80. The number of amides is 1. The van der Waals surface area contributed by atoms with Crippen molar-refractivity contribution in [3.05, 3.63) is 63.6 Å². The van der Waals surface area contributed by atoms with Gasteiger partial charge in [-0.25, -0.2) is 8.78 Å². The number of rotatable bonds is 4. The molecule has 1 amide bonds. The molecule has 1 atom stereocenters. The lowest BCUT2D eigenvalue weighted by atomic mass is 9.76. The lowest BCUT2D eigenvalue weighted by molar-refractivity contribution is -0.0445. The number of nitrogens with one attached hydrogen (secondary N) is 1. The lowest BCUT2D eigenvalue weighted by Gasteiger charge is -2.41. The van der Waals surface area contributed by atoms with Crippen molar-refractivity contribution in [1.29, 1.82) is 0 Å². The number of nitrogens with zero attached hydrogens (tertiary/aromatic N) is 1. The van der Waals surface area contributed by atoms with Crippen molar-refractivity contribution in [2.45, 2.75) is 43.5 Å². The molecule has 27 heavy (non-hydrogen) atoms. The van der Waals surface area contributed by atoms with Crippen LogP contribution in [0.1, 0.15) is 47.6 Å². The Balaban J connectivity index is 1.99. The second kappa shape index (κ2) is 8.09. The zero-order chi connectivity index (χ0) is 19.6. The summed E-state index contributed by atoms with van der Waals surface area (Å²) in [7, 11) is 0. The molecule has 0 radical (unpaired) electrons. The average Bonchev–Trinajstić information content (AvgIpc) is 2.65. The summed E-state index contributed by atoms with van der Waals surface area (Å²) in [4.78, 5) is 16.6. The number of aliphatic hydroxyl groups is 1. The second-order valence-corrected chi connectivity index (χ2v) is 7.47. The van der Waals surface area contributed by atoms with Crippen LogP contribution >= 0.6 is 23.2 Å². The summed E-state index contributed by atoms with van der Waals surface area (Å²) < 4.78 is 27.6. The van der Waals surface area contributed by atoms with Crippen LogP contribution in [-0.2, 0) is 0 Å². The minimum absolute atomic E-state index is 0.104. The third-order valence-corrected chi connectivity index (χ3v) is 5.63. The summed E-state index contributed by atoms with van der Waals surface area (Å²) in [6.07, 6.45) is 2.21. The van der Waals surface area contributed by atoms with Crippen molar-refractivity contribution < 1.29 is 18.7 Å². The predicted octanol–water partition coefficient (Wildman–Crippen LogP) is 4.64. The van der Waals surface area contributed by atoms with Crippen LogP contribution in [0.5, 0.6) is 0 Å². The largest absolute Gasteiger partial charge is 0.387 e. The monoisotopic (exact) mass is 414 g/mol. The molecule has 3 rings (SSSR count). The third-order valence-electron chi connectivity index (χ3n) is 4.90. The van der Waals surface area contributed by atoms with Gasteiger partial charge in [-0.1, -0.05) is 35.3 Å². The highest BCUT2D eigenvalue weighted by atomic mass is 35.5. The molecule has 4 nitrogen and oxygen atoms in total. The Labute approximate surface area is 165 Å². The maximum Gasteiger partial charge on any atom is 0.254 e. The van der Waals surface area contributed by atoms with Crippen molar-refractivity contribution in [2.24, 2.45) is 0 Å². The van der Waals surface area contributed by atoms with Crippen LogP contribution in [0.15, 0.2) is 36.7 Å². The van der Waals surface area contributed by atoms with Gasteiger partial charge >= 0.3 is 0 Å². The van der Waals surface area contributed by atoms with E-state index in [0.717, 1.165) is 0 Å². The van der Waals surface area contributed by atoms with Gasteiger partial charge in [0.2, 0.25) is 0 Å². The highest BCUT2D eigenvalue weighted by Crippen LogP contribution is 2.42. The van der Waals surface area contributed by atoms with Gasteiger partial charge < -0.3 is 10.4 Å². The standard InChI is InChI=1S/C19H18Cl2F2N2O2/c20-14-6-9-24-10-13(14)18(26)25-17(12-2-1-3-15(23)16(12)21)19(27)7-4-11(22)5-8-19/h1-3,6,9-11,17,27H,4-5,7-8H2,(H,25,26)/t11-,17?,19+. The molecule has 8 heteroatoms. The van der Waals surface area contributed by atoms with Crippen LogP contribution in [0.4, 0.5) is 8.78 Å². The molecule has 0 aliphatic heterocycles. The van der Waals surface area contributed by atoms with Gasteiger partial charge in [0.15, 0.2) is 0 Å². The van der Waals surface area contributed by atoms with Gasteiger partial charge in [0.05, 0.1) is 27.3 Å². The van der Waals surface area contributed by atoms with Crippen molar-refractivity contribution in [3.63, 3.8) is 0 Å². The summed E-state index contributed by atoms with van der Waals surface area (Å²) in [6, 6.07) is 4.59. The number of hydrogen-bond donors (Lipinski definition) is 2. The molecule has 1 aliphatic carbocycles. The fourth-order valence-electron chi connectivity index (χ4n) is 3.37. The number of carbonyl (C=O) groups excluding carboxylic acids is 1. The molecule has 1 aliphatic rings. The molecule has 1 fully saturated rings. The first-order chi connectivity index (χ1) is 12.8. The first-order valence-corrected chi connectivity index (χ1v) is 9.28. The van der Waals surface area contributed by atoms with E-state index in [1.807, 2.05) is 0 Å². The van der Waals surface area contributed by atoms with E-state index in [1.54, 1.807) is 0 Å². The maximum absolute atomic E-state index is 14.0. The summed E-state index contributed by atoms with van der Waals surface area (Å²) in [6.45, 7) is 0. The molecule has 144 valence electrons. The van der Waals surface area contributed by atoms with E-state index in [4.69, 9.17) is 23.2 Å². The van der Waals surface area contributed by atoms with Crippen LogP contribution in [0.3, 0.4) is 0 Å². The SMILES string of the molecule is O=C(NC(c1cccc(F)c1Cl)[C@]1(O)CC[C@@H](F)CC1)c1cnccc1Cl. The quantitative estimate of drug-likeness (QED) is 0.765. The smallest absolute Gasteiger partial charge is 0.254 e. The van der Waals surface area contributed by atoms with Gasteiger partial charge in [-0.2, -0.15) is 0 Å². The number of halogens is 4. The molecular weight excluding hydrogens is 397 g/mol. The number of carbonyl (C=O) groups is 1. The van der Waals surface area contributed by atoms with E-state index in [0.29, 0.717) is 0 Å². The van der Waals surface area contributed by atoms with E-state index in [9.17, 15) is 18.7 Å². The first kappa shape index (κ1) is 20.0. The molecular formula is C19H18Cl2F2N2O2. The van der Waals surface area contributed by atoms with Gasteiger partial charge in [0, 0.05) is 12.4 Å². The van der Waals surface area contributed by atoms with Crippen LogP contribution in [0.25, 0.3) is 0 Å². The number of aromatic nitrogens is 1. The van der Waals surface area contributed by atoms with Gasteiger partial charge in [0.1, 0.15) is 12.0 Å². The van der Waals surface area contributed by atoms with Crippen molar-refractivity contribution in [3.8, 4) is 0 Å². The topological polar surface area (TPSA) is 62.2 Å². The first-order valence-electron chi connectivity index (χ1n) is 8.52. The van der Waals surface area contributed by atoms with E-state index in [-0.39, 0.29) is 46.9 Å². The molecule has 1 aromatic carbocycles. The van der Waals surface area contributed by atoms with Crippen molar-refractivity contribution in [1.82, 2.24) is 10.3 Å². The van der Waals surface area contributed by atoms with Crippen LogP contribution in [0, 0.1) is 5.82 Å². The Morgan fingerprint density at radius 2 is 2.00 bits per heavy atom. The number of hydrogen-bond acceptors (Lipinski definition) is 3. The van der Waals surface area contributed by atoms with E-state index in [1.165, 1.54) is 36.7 Å². The minimum atomic E-state index is -1.47. The summed E-state index contributed by atoms with van der Waals surface area (Å²) in [5.41, 5.74) is -1.13. The Hall–Kier alpha value is -1.76. The normalized spacial score (nSPS) is 23.7. The Morgan fingerprint density at radius 1 is 1.30 bits per heavy atom. The molecule has 2 N–H and O–H groups in total. The van der Waals surface area contributed by atoms with Crippen molar-refractivity contribution in [2.75, 3.05) is 0 Å². The predicted molar refractivity (Wildman–Crippen MR) is 99.2 cm³/mol. The Morgan fingerprint density at radius 3 is 2.67 bits per heavy atom. The molecule has 1 unspecified atom stereocenters. The second-order valence-electron chi connectivity index (χ2n) is 6.68. The van der Waals surface area contributed by atoms with Crippen LogP contribution in [-0.4, -0.2) is 27.8 Å². The summed E-state index contributed by atoms with van der Waals surface area (Å²) >= 11 is 12.2. The Kier molecular flexibility index (Phi) is 5.99. The molecule has 1 heterocycles. The molecule has 1 aromatic heterocycles. The Bertz CT molecular complexity index is 842. The summed E-state index contributed by atoms with van der Waals surface area (Å²) in [5, 5.41) is 13.9. The zero-order valence-corrected chi connectivity index (χ0v) is 15.8. The lowest BCUT2D eigenvalue weighted by Crippen LogP contribution is -2.48. The van der Waals surface area contributed by atoms with Gasteiger partial charge in [-0.3, -0.25) is 9.78 Å². The third kappa shape index (κ3) is 4.23. The minimum Gasteiger partial charge on any atom is -0.387 e. The van der Waals surface area contributed by atoms with Gasteiger partial charge in [-0.05, 0) is 43.4 Å². The van der Waals surface area contributed by atoms with Gasteiger partial charge in [-0.15, -0.1) is 0 Å². The highest BCUT2D eigenvalue weighted by Gasteiger charge is 2.43. The van der Waals surface area contributed by atoms with E-state index >= 15 is 0 Å². The maximum atomic E-state index is 14.0. The average molecular weight is 415 g/mol. The van der Waals surface area contributed by atoms with Gasteiger partial charge in [0.25, 0.3) is 5.91 Å². The fraction of sp³-hybridized carbons (Fsp3) is 0.368. The molecule has 0 bridgehead atoms. The number of pyridine rings is 1. The molecule has 2 aromatic rings. The number of benzene rings is 1. The molecule has 1 saturated carbocycles. The number of alkyl halides is 1.